The highest BCUT2D eigenvalue weighted by atomic mass is 16.6. The molecule has 6 heteroatoms. The minimum absolute atomic E-state index is 0.133. The molecule has 0 spiro atoms. The van der Waals surface area contributed by atoms with Gasteiger partial charge >= 0.3 is 12.1 Å². The summed E-state index contributed by atoms with van der Waals surface area (Å²) in [5.41, 5.74) is 3.28. The number of aromatic amines is 1. The number of ether oxygens (including phenoxy) is 2. The van der Waals surface area contributed by atoms with Crippen LogP contribution in [0.25, 0.3) is 22.2 Å². The molecule has 0 saturated carbocycles. The Hall–Kier alpha value is -3.28. The zero-order valence-electron chi connectivity index (χ0n) is 17.2. The van der Waals surface area contributed by atoms with Crippen molar-refractivity contribution in [2.75, 3.05) is 11.9 Å². The lowest BCUT2D eigenvalue weighted by atomic mass is 10.0. The van der Waals surface area contributed by atoms with Crippen molar-refractivity contribution in [2.45, 2.75) is 39.7 Å². The molecule has 3 aromatic rings. The number of benzene rings is 2. The molecule has 1 amide bonds. The highest BCUT2D eigenvalue weighted by Gasteiger charge is 2.21. The molecule has 0 radical (unpaired) electrons. The van der Waals surface area contributed by atoms with E-state index >= 15 is 0 Å². The van der Waals surface area contributed by atoms with E-state index in [1.54, 1.807) is 13.0 Å². The molecule has 0 aliphatic carbocycles. The summed E-state index contributed by atoms with van der Waals surface area (Å²) in [7, 11) is 0. The molecule has 0 atom stereocenters. The van der Waals surface area contributed by atoms with Gasteiger partial charge in [-0.15, -0.1) is 0 Å². The third-order valence-electron chi connectivity index (χ3n) is 4.27. The molecule has 0 aliphatic rings. The second kappa shape index (κ2) is 8.39. The fraction of sp³-hybridized carbons (Fsp3) is 0.304. The lowest BCUT2D eigenvalue weighted by Gasteiger charge is -2.20. The molecule has 0 fully saturated rings. The lowest BCUT2D eigenvalue weighted by Crippen LogP contribution is -2.27. The number of carbonyl (C=O) groups is 2. The first-order chi connectivity index (χ1) is 13.8. The number of hydrogen-bond acceptors (Lipinski definition) is 4. The zero-order valence-corrected chi connectivity index (χ0v) is 17.2. The predicted molar refractivity (Wildman–Crippen MR) is 114 cm³/mol. The lowest BCUT2D eigenvalue weighted by molar-refractivity contribution is -0.142. The fourth-order valence-electron chi connectivity index (χ4n) is 3.19. The normalized spacial score (nSPS) is 11.3. The third-order valence-corrected chi connectivity index (χ3v) is 4.27. The Kier molecular flexibility index (Phi) is 5.92. The molecule has 1 aromatic heterocycles. The van der Waals surface area contributed by atoms with Gasteiger partial charge in [-0.3, -0.25) is 10.1 Å². The molecule has 2 N–H and O–H groups in total. The van der Waals surface area contributed by atoms with Gasteiger partial charge in [0.2, 0.25) is 0 Å². The van der Waals surface area contributed by atoms with E-state index in [1.807, 2.05) is 63.2 Å². The van der Waals surface area contributed by atoms with E-state index in [0.29, 0.717) is 12.3 Å². The van der Waals surface area contributed by atoms with E-state index in [9.17, 15) is 9.59 Å². The summed E-state index contributed by atoms with van der Waals surface area (Å²) in [6, 6.07) is 15.2. The summed E-state index contributed by atoms with van der Waals surface area (Å²) >= 11 is 0. The van der Waals surface area contributed by atoms with Gasteiger partial charge in [0, 0.05) is 16.5 Å². The first-order valence-corrected chi connectivity index (χ1v) is 9.63. The quantitative estimate of drug-likeness (QED) is 0.576. The van der Waals surface area contributed by atoms with Crippen LogP contribution >= 0.6 is 0 Å². The molecule has 29 heavy (non-hydrogen) atoms. The van der Waals surface area contributed by atoms with E-state index < -0.39 is 11.7 Å². The number of esters is 1. The van der Waals surface area contributed by atoms with E-state index in [2.05, 4.69) is 10.3 Å². The fourth-order valence-corrected chi connectivity index (χ4v) is 3.19. The Balaban J connectivity index is 2.04. The maximum Gasteiger partial charge on any atom is 0.412 e. The Bertz CT molecular complexity index is 1030. The number of amides is 1. The predicted octanol–water partition coefficient (Wildman–Crippen LogP) is 5.29. The molecule has 0 aliphatic heterocycles. The Morgan fingerprint density at radius 3 is 2.45 bits per heavy atom. The Morgan fingerprint density at radius 2 is 1.72 bits per heavy atom. The molecule has 6 nitrogen and oxygen atoms in total. The number of anilines is 1. The number of rotatable bonds is 5. The molecule has 2 aromatic carbocycles. The van der Waals surface area contributed by atoms with E-state index in [-0.39, 0.29) is 12.4 Å². The minimum atomic E-state index is -0.602. The van der Waals surface area contributed by atoms with Crippen LogP contribution in [-0.2, 0) is 20.7 Å². The van der Waals surface area contributed by atoms with Crippen LogP contribution in [-0.4, -0.2) is 29.3 Å². The Morgan fingerprint density at radius 1 is 1.03 bits per heavy atom. The first-order valence-electron chi connectivity index (χ1n) is 9.63. The number of fused-ring (bicyclic) bond motifs is 1. The first kappa shape index (κ1) is 20.5. The average molecular weight is 394 g/mol. The average Bonchev–Trinajstić information content (AvgIpc) is 2.99. The monoisotopic (exact) mass is 394 g/mol. The van der Waals surface area contributed by atoms with Crippen molar-refractivity contribution in [3.8, 4) is 11.3 Å². The van der Waals surface area contributed by atoms with E-state index in [4.69, 9.17) is 9.47 Å². The number of carbonyl (C=O) groups excluding carboxylic acids is 2. The minimum Gasteiger partial charge on any atom is -0.466 e. The highest BCUT2D eigenvalue weighted by Crippen LogP contribution is 2.35. The zero-order chi connectivity index (χ0) is 21.0. The van der Waals surface area contributed by atoms with Gasteiger partial charge in [0.05, 0.1) is 24.4 Å². The van der Waals surface area contributed by atoms with Crippen LogP contribution in [0.3, 0.4) is 0 Å². The van der Waals surface area contributed by atoms with Crippen molar-refractivity contribution in [3.63, 3.8) is 0 Å². The molecule has 152 valence electrons. The van der Waals surface area contributed by atoms with Gasteiger partial charge in [-0.2, -0.15) is 0 Å². The topological polar surface area (TPSA) is 80.4 Å². The van der Waals surface area contributed by atoms with Crippen molar-refractivity contribution in [3.05, 3.63) is 54.1 Å². The molecule has 0 unspecified atom stereocenters. The van der Waals surface area contributed by atoms with Crippen LogP contribution in [0.1, 0.15) is 33.3 Å². The summed E-state index contributed by atoms with van der Waals surface area (Å²) in [4.78, 5) is 27.9. The second-order valence-electron chi connectivity index (χ2n) is 7.68. The van der Waals surface area contributed by atoms with Crippen LogP contribution in [0.5, 0.6) is 0 Å². The second-order valence-corrected chi connectivity index (χ2v) is 7.68. The number of para-hydroxylation sites is 2. The van der Waals surface area contributed by atoms with E-state index in [0.717, 1.165) is 27.7 Å². The van der Waals surface area contributed by atoms with Crippen molar-refractivity contribution in [1.29, 1.82) is 0 Å². The maximum absolute atomic E-state index is 12.3. The summed E-state index contributed by atoms with van der Waals surface area (Å²) in [5.74, 6) is -0.295. The molecular formula is C23H26N2O4. The van der Waals surface area contributed by atoms with Crippen molar-refractivity contribution in [2.24, 2.45) is 0 Å². The van der Waals surface area contributed by atoms with Crippen LogP contribution < -0.4 is 5.32 Å². The van der Waals surface area contributed by atoms with Gasteiger partial charge in [0.15, 0.2) is 0 Å². The van der Waals surface area contributed by atoms with Gasteiger partial charge in [-0.25, -0.2) is 4.79 Å². The third kappa shape index (κ3) is 4.96. The van der Waals surface area contributed by atoms with Crippen molar-refractivity contribution < 1.29 is 19.1 Å². The SMILES string of the molecule is CCOC(=O)Cc1c(-c2ccccc2NC(=O)OC(C)(C)C)[nH]c2ccccc12. The van der Waals surface area contributed by atoms with Crippen LogP contribution in [0.15, 0.2) is 48.5 Å². The number of H-pyrrole nitrogens is 1. The summed E-state index contributed by atoms with van der Waals surface area (Å²) < 4.78 is 10.5. The summed E-state index contributed by atoms with van der Waals surface area (Å²) in [6.45, 7) is 7.55. The maximum atomic E-state index is 12.3. The molecule has 0 saturated heterocycles. The van der Waals surface area contributed by atoms with Crippen LogP contribution in [0.2, 0.25) is 0 Å². The number of hydrogen-bond donors (Lipinski definition) is 2. The van der Waals surface area contributed by atoms with Gasteiger partial charge in [-0.1, -0.05) is 36.4 Å². The van der Waals surface area contributed by atoms with Crippen LogP contribution in [0.4, 0.5) is 10.5 Å². The molecular weight excluding hydrogens is 368 g/mol. The van der Waals surface area contributed by atoms with Crippen molar-refractivity contribution in [1.82, 2.24) is 4.98 Å². The summed E-state index contributed by atoms with van der Waals surface area (Å²) in [6.07, 6.45) is -0.401. The molecule has 3 rings (SSSR count). The largest absolute Gasteiger partial charge is 0.466 e. The molecule has 0 bridgehead atoms. The van der Waals surface area contributed by atoms with Gasteiger partial charge < -0.3 is 14.5 Å². The van der Waals surface area contributed by atoms with Gasteiger partial charge in [0.1, 0.15) is 5.60 Å². The standard InChI is InChI=1S/C23H26N2O4/c1-5-28-20(26)14-17-15-10-6-8-12-18(15)24-21(17)16-11-7-9-13-19(16)25-22(27)29-23(2,3)4/h6-13,24H,5,14H2,1-4H3,(H,25,27). The Labute approximate surface area is 170 Å². The molecule has 1 heterocycles. The smallest absolute Gasteiger partial charge is 0.412 e. The van der Waals surface area contributed by atoms with E-state index in [1.165, 1.54) is 0 Å². The van der Waals surface area contributed by atoms with Crippen molar-refractivity contribution >= 4 is 28.7 Å². The summed E-state index contributed by atoms with van der Waals surface area (Å²) in [5, 5.41) is 3.77. The number of nitrogens with one attached hydrogen (secondary N) is 2. The highest BCUT2D eigenvalue weighted by molar-refractivity contribution is 5.98. The number of aromatic nitrogens is 1. The van der Waals surface area contributed by atoms with Gasteiger partial charge in [-0.05, 0) is 45.4 Å². The van der Waals surface area contributed by atoms with Crippen LogP contribution in [0, 0.1) is 0 Å². The van der Waals surface area contributed by atoms with Gasteiger partial charge in [0.25, 0.3) is 0 Å².